The summed E-state index contributed by atoms with van der Waals surface area (Å²) in [7, 11) is 3.13. The van der Waals surface area contributed by atoms with Crippen molar-refractivity contribution in [3.63, 3.8) is 0 Å². The number of amides is 1. The minimum atomic E-state index is -0.519. The monoisotopic (exact) mass is 431 g/mol. The summed E-state index contributed by atoms with van der Waals surface area (Å²) in [5.74, 6) is 0.826. The van der Waals surface area contributed by atoms with Crippen molar-refractivity contribution < 1.29 is 14.3 Å². The first-order chi connectivity index (χ1) is 13.8. The molecular formula is C21H22ClN3O3S. The van der Waals surface area contributed by atoms with Crippen LogP contribution in [0.1, 0.15) is 24.1 Å². The number of hydrogen-bond acceptors (Lipinski definition) is 4. The van der Waals surface area contributed by atoms with Crippen molar-refractivity contribution in [2.75, 3.05) is 19.5 Å². The molecule has 8 heteroatoms. The first-order valence-electron chi connectivity index (χ1n) is 8.92. The number of hydrogen-bond donors (Lipinski definition) is 3. The zero-order valence-corrected chi connectivity index (χ0v) is 18.1. The quantitative estimate of drug-likeness (QED) is 0.619. The van der Waals surface area contributed by atoms with Gasteiger partial charge in [0.05, 0.1) is 25.8 Å². The van der Waals surface area contributed by atoms with Gasteiger partial charge in [0.1, 0.15) is 0 Å². The SMILES string of the molecule is COc1cccc([C@H]2NC(=S)NC(C)=C2C(=O)Nc2ccc(C)c(Cl)c2)c1OC. The molecule has 2 aromatic rings. The molecule has 29 heavy (non-hydrogen) atoms. The molecule has 1 atom stereocenters. The molecule has 0 bridgehead atoms. The van der Waals surface area contributed by atoms with Crippen LogP contribution in [-0.2, 0) is 4.79 Å². The van der Waals surface area contributed by atoms with Crippen LogP contribution < -0.4 is 25.4 Å². The Bertz CT molecular complexity index is 1010. The van der Waals surface area contributed by atoms with Gasteiger partial charge >= 0.3 is 0 Å². The topological polar surface area (TPSA) is 71.6 Å². The van der Waals surface area contributed by atoms with Crippen molar-refractivity contribution >= 4 is 40.5 Å². The Kier molecular flexibility index (Phi) is 6.30. The molecule has 152 valence electrons. The molecule has 3 N–H and O–H groups in total. The van der Waals surface area contributed by atoms with E-state index in [9.17, 15) is 4.79 Å². The van der Waals surface area contributed by atoms with Gasteiger partial charge in [-0.3, -0.25) is 4.79 Å². The van der Waals surface area contributed by atoms with E-state index < -0.39 is 6.04 Å². The second kappa shape index (κ2) is 8.71. The maximum atomic E-state index is 13.2. The normalized spacial score (nSPS) is 16.0. The molecule has 1 aliphatic heterocycles. The highest BCUT2D eigenvalue weighted by Gasteiger charge is 2.32. The van der Waals surface area contributed by atoms with Gasteiger partial charge in [-0.25, -0.2) is 0 Å². The average Bonchev–Trinajstić information content (AvgIpc) is 2.69. The Morgan fingerprint density at radius 2 is 1.93 bits per heavy atom. The van der Waals surface area contributed by atoms with E-state index in [2.05, 4.69) is 16.0 Å². The van der Waals surface area contributed by atoms with Gasteiger partial charge in [-0.2, -0.15) is 0 Å². The molecular weight excluding hydrogens is 410 g/mol. The summed E-state index contributed by atoms with van der Waals surface area (Å²) in [5.41, 5.74) is 3.42. The van der Waals surface area contributed by atoms with E-state index in [1.54, 1.807) is 26.4 Å². The Morgan fingerprint density at radius 1 is 1.17 bits per heavy atom. The maximum Gasteiger partial charge on any atom is 0.255 e. The Morgan fingerprint density at radius 3 is 2.59 bits per heavy atom. The largest absolute Gasteiger partial charge is 0.493 e. The van der Waals surface area contributed by atoms with Crippen molar-refractivity contribution in [1.29, 1.82) is 0 Å². The second-order valence-corrected chi connectivity index (χ2v) is 7.39. The standard InChI is InChI=1S/C21H22ClN3O3S/c1-11-8-9-13(10-15(11)22)24-20(26)17-12(2)23-21(29)25-18(17)14-6-5-7-16(27-3)19(14)28-4/h5-10,18H,1-4H3,(H,24,26)(H2,23,25,29)/t18-/m1/s1. The highest BCUT2D eigenvalue weighted by Crippen LogP contribution is 2.39. The van der Waals surface area contributed by atoms with Crippen LogP contribution in [0.15, 0.2) is 47.7 Å². The number of ether oxygens (including phenoxy) is 2. The number of allylic oxidation sites excluding steroid dienone is 1. The minimum absolute atomic E-state index is 0.278. The number of carbonyl (C=O) groups excluding carboxylic acids is 1. The molecule has 0 aromatic heterocycles. The molecule has 0 radical (unpaired) electrons. The van der Waals surface area contributed by atoms with Gasteiger partial charge in [0.25, 0.3) is 5.91 Å². The Hall–Kier alpha value is -2.77. The van der Waals surface area contributed by atoms with Crippen LogP contribution in [0.2, 0.25) is 5.02 Å². The summed E-state index contributed by atoms with van der Waals surface area (Å²) < 4.78 is 11.0. The lowest BCUT2D eigenvalue weighted by Gasteiger charge is -2.31. The second-order valence-electron chi connectivity index (χ2n) is 6.57. The van der Waals surface area contributed by atoms with Crippen molar-refractivity contribution in [3.8, 4) is 11.5 Å². The van der Waals surface area contributed by atoms with E-state index in [1.807, 2.05) is 38.1 Å². The van der Waals surface area contributed by atoms with Gasteiger partial charge in [-0.15, -0.1) is 0 Å². The molecule has 1 aliphatic rings. The molecule has 2 aromatic carbocycles. The molecule has 0 aliphatic carbocycles. The number of thiocarbonyl (C=S) groups is 1. The number of para-hydroxylation sites is 1. The fourth-order valence-electron chi connectivity index (χ4n) is 3.24. The van der Waals surface area contributed by atoms with E-state index in [0.29, 0.717) is 38.6 Å². The number of anilines is 1. The van der Waals surface area contributed by atoms with Crippen LogP contribution in [0.3, 0.4) is 0 Å². The number of methoxy groups -OCH3 is 2. The fraction of sp³-hybridized carbons (Fsp3) is 0.238. The molecule has 0 saturated carbocycles. The Balaban J connectivity index is 2.02. The molecule has 1 amide bonds. The molecule has 1 heterocycles. The molecule has 6 nitrogen and oxygen atoms in total. The first-order valence-corrected chi connectivity index (χ1v) is 9.71. The van der Waals surface area contributed by atoms with Crippen LogP contribution in [0.5, 0.6) is 11.5 Å². The number of carbonyl (C=O) groups is 1. The smallest absolute Gasteiger partial charge is 0.255 e. The van der Waals surface area contributed by atoms with E-state index >= 15 is 0 Å². The summed E-state index contributed by atoms with van der Waals surface area (Å²) in [5, 5.41) is 10.1. The van der Waals surface area contributed by atoms with E-state index in [4.69, 9.17) is 33.3 Å². The predicted octanol–water partition coefficient (Wildman–Crippen LogP) is 4.10. The summed E-state index contributed by atoms with van der Waals surface area (Å²) in [6.07, 6.45) is 0. The molecule has 0 saturated heterocycles. The third-order valence-electron chi connectivity index (χ3n) is 4.69. The van der Waals surface area contributed by atoms with Gasteiger partial charge in [0.2, 0.25) is 0 Å². The lowest BCUT2D eigenvalue weighted by atomic mass is 9.93. The lowest BCUT2D eigenvalue weighted by molar-refractivity contribution is -0.113. The van der Waals surface area contributed by atoms with Crippen LogP contribution in [0, 0.1) is 6.92 Å². The van der Waals surface area contributed by atoms with Crippen LogP contribution in [0.25, 0.3) is 0 Å². The van der Waals surface area contributed by atoms with Crippen LogP contribution >= 0.6 is 23.8 Å². The average molecular weight is 432 g/mol. The highest BCUT2D eigenvalue weighted by atomic mass is 35.5. The summed E-state index contributed by atoms with van der Waals surface area (Å²) in [4.78, 5) is 13.2. The lowest BCUT2D eigenvalue weighted by Crippen LogP contribution is -2.45. The molecule has 0 unspecified atom stereocenters. The molecule has 3 rings (SSSR count). The third kappa shape index (κ3) is 4.31. The highest BCUT2D eigenvalue weighted by molar-refractivity contribution is 7.80. The number of nitrogens with one attached hydrogen (secondary N) is 3. The number of rotatable bonds is 5. The zero-order valence-electron chi connectivity index (χ0n) is 16.6. The molecule has 0 spiro atoms. The summed E-state index contributed by atoms with van der Waals surface area (Å²) in [6, 6.07) is 10.4. The van der Waals surface area contributed by atoms with Gasteiger partial charge in [-0.1, -0.05) is 29.8 Å². The van der Waals surface area contributed by atoms with E-state index in [1.165, 1.54) is 0 Å². The maximum absolute atomic E-state index is 13.2. The van der Waals surface area contributed by atoms with Crippen molar-refractivity contribution in [2.24, 2.45) is 0 Å². The molecule has 0 fully saturated rings. The number of aryl methyl sites for hydroxylation is 1. The van der Waals surface area contributed by atoms with Gasteiger partial charge in [0.15, 0.2) is 16.6 Å². The summed E-state index contributed by atoms with van der Waals surface area (Å²) >= 11 is 11.5. The number of benzene rings is 2. The van der Waals surface area contributed by atoms with E-state index in [0.717, 1.165) is 11.1 Å². The van der Waals surface area contributed by atoms with Crippen molar-refractivity contribution in [1.82, 2.24) is 10.6 Å². The van der Waals surface area contributed by atoms with Gasteiger partial charge < -0.3 is 25.4 Å². The predicted molar refractivity (Wildman–Crippen MR) is 119 cm³/mol. The van der Waals surface area contributed by atoms with Gasteiger partial charge in [0, 0.05) is 22.0 Å². The fourth-order valence-corrected chi connectivity index (χ4v) is 3.69. The van der Waals surface area contributed by atoms with Crippen molar-refractivity contribution in [3.05, 3.63) is 63.8 Å². The van der Waals surface area contributed by atoms with E-state index in [-0.39, 0.29) is 5.91 Å². The summed E-state index contributed by atoms with van der Waals surface area (Å²) in [6.45, 7) is 3.71. The van der Waals surface area contributed by atoms with Crippen LogP contribution in [0.4, 0.5) is 5.69 Å². The van der Waals surface area contributed by atoms with Crippen LogP contribution in [-0.4, -0.2) is 25.2 Å². The van der Waals surface area contributed by atoms with Crippen molar-refractivity contribution in [2.45, 2.75) is 19.9 Å². The Labute approximate surface area is 180 Å². The van der Waals surface area contributed by atoms with Gasteiger partial charge in [-0.05, 0) is 49.8 Å². The number of halogens is 1. The first kappa shape index (κ1) is 21.0. The zero-order chi connectivity index (χ0) is 21.1. The third-order valence-corrected chi connectivity index (χ3v) is 5.31. The minimum Gasteiger partial charge on any atom is -0.493 e.